The van der Waals surface area contributed by atoms with Crippen LogP contribution in [-0.2, 0) is 9.59 Å². The number of carbonyl (C=O) groups excluding carboxylic acids is 1. The van der Waals surface area contributed by atoms with Crippen molar-refractivity contribution in [2.45, 2.75) is 38.7 Å². The van der Waals surface area contributed by atoms with Gasteiger partial charge >= 0.3 is 5.97 Å². The zero-order valence-electron chi connectivity index (χ0n) is 12.3. The summed E-state index contributed by atoms with van der Waals surface area (Å²) in [7, 11) is 0. The molecule has 0 radical (unpaired) electrons. The maximum atomic E-state index is 11.8. The Bertz CT molecular complexity index is 608. The lowest BCUT2D eigenvalue weighted by Gasteiger charge is -2.36. The Hall–Kier alpha value is -1.68. The Morgan fingerprint density at radius 2 is 2.10 bits per heavy atom. The molecule has 3 rings (SSSR count). The molecule has 0 aromatic carbocycles. The average Bonchev–Trinajstić information content (AvgIpc) is 3.26. The van der Waals surface area contributed by atoms with E-state index in [2.05, 4.69) is 0 Å². The van der Waals surface area contributed by atoms with E-state index in [0.29, 0.717) is 17.9 Å². The molecule has 0 saturated heterocycles. The van der Waals surface area contributed by atoms with Gasteiger partial charge in [0.05, 0.1) is 0 Å². The van der Waals surface area contributed by atoms with Gasteiger partial charge in [0, 0.05) is 17.4 Å². The largest absolute Gasteiger partial charge is 0.478 e. The molecule has 0 bridgehead atoms. The first-order chi connectivity index (χ1) is 9.78. The highest BCUT2D eigenvalue weighted by atomic mass is 16.4. The van der Waals surface area contributed by atoms with E-state index in [1.54, 1.807) is 19.1 Å². The third-order valence-corrected chi connectivity index (χ3v) is 5.27. The summed E-state index contributed by atoms with van der Waals surface area (Å²) in [5, 5.41) is 20.0. The van der Waals surface area contributed by atoms with E-state index in [-0.39, 0.29) is 11.7 Å². The molecule has 0 spiro atoms. The van der Waals surface area contributed by atoms with Crippen LogP contribution >= 0.6 is 0 Å². The topological polar surface area (TPSA) is 74.6 Å². The summed E-state index contributed by atoms with van der Waals surface area (Å²) in [6.07, 6.45) is 8.85. The number of fused-ring (bicyclic) bond motifs is 1. The van der Waals surface area contributed by atoms with Gasteiger partial charge in [0.15, 0.2) is 5.78 Å². The summed E-state index contributed by atoms with van der Waals surface area (Å²) in [4.78, 5) is 22.7. The Kier molecular flexibility index (Phi) is 2.99. The van der Waals surface area contributed by atoms with Gasteiger partial charge in [-0.2, -0.15) is 0 Å². The van der Waals surface area contributed by atoms with Crippen molar-refractivity contribution in [2.24, 2.45) is 17.3 Å². The number of carboxylic acid groups (broad SMARTS) is 1. The van der Waals surface area contributed by atoms with E-state index in [4.69, 9.17) is 5.11 Å². The van der Waals surface area contributed by atoms with Gasteiger partial charge in [-0.3, -0.25) is 4.79 Å². The van der Waals surface area contributed by atoms with Gasteiger partial charge in [-0.05, 0) is 55.4 Å². The van der Waals surface area contributed by atoms with Gasteiger partial charge in [-0.25, -0.2) is 4.79 Å². The van der Waals surface area contributed by atoms with Crippen LogP contribution in [0.2, 0.25) is 0 Å². The number of ketones is 1. The number of hydrogen-bond donors (Lipinski definition) is 2. The van der Waals surface area contributed by atoms with E-state index in [9.17, 15) is 14.7 Å². The minimum atomic E-state index is -1.15. The third-order valence-electron chi connectivity index (χ3n) is 5.27. The summed E-state index contributed by atoms with van der Waals surface area (Å²) in [6, 6.07) is 0. The van der Waals surface area contributed by atoms with Crippen molar-refractivity contribution in [2.75, 3.05) is 0 Å². The summed E-state index contributed by atoms with van der Waals surface area (Å²) in [6.45, 7) is 3.69. The summed E-state index contributed by atoms with van der Waals surface area (Å²) in [5.41, 5.74) is -0.207. The minimum Gasteiger partial charge on any atom is -0.478 e. The highest BCUT2D eigenvalue weighted by Gasteiger charge is 2.67. The number of hydrogen-bond acceptors (Lipinski definition) is 3. The Balaban J connectivity index is 1.92. The fraction of sp³-hybridized carbons (Fsp3) is 0.529. The molecule has 4 nitrogen and oxygen atoms in total. The molecule has 0 amide bonds. The maximum absolute atomic E-state index is 11.8. The highest BCUT2D eigenvalue weighted by Crippen LogP contribution is 2.64. The molecule has 2 saturated carbocycles. The van der Waals surface area contributed by atoms with Crippen LogP contribution in [0.3, 0.4) is 0 Å². The van der Waals surface area contributed by atoms with Gasteiger partial charge in [0.25, 0.3) is 0 Å². The van der Waals surface area contributed by atoms with Gasteiger partial charge < -0.3 is 10.2 Å². The highest BCUT2D eigenvalue weighted by molar-refractivity contribution is 5.97. The van der Waals surface area contributed by atoms with E-state index in [0.717, 1.165) is 18.4 Å². The molecule has 4 heteroatoms. The van der Waals surface area contributed by atoms with Crippen LogP contribution in [-0.4, -0.2) is 27.6 Å². The lowest BCUT2D eigenvalue weighted by Crippen LogP contribution is -2.42. The van der Waals surface area contributed by atoms with Gasteiger partial charge in [0.1, 0.15) is 5.60 Å². The van der Waals surface area contributed by atoms with E-state index < -0.39 is 17.0 Å². The molecular weight excluding hydrogens is 268 g/mol. The summed E-state index contributed by atoms with van der Waals surface area (Å²) >= 11 is 0. The van der Waals surface area contributed by atoms with Gasteiger partial charge in [-0.1, -0.05) is 13.0 Å². The fourth-order valence-electron chi connectivity index (χ4n) is 3.48. The number of aliphatic carboxylic acids is 1. The lowest BCUT2D eigenvalue weighted by molar-refractivity contribution is -0.131. The molecule has 0 heterocycles. The van der Waals surface area contributed by atoms with Crippen molar-refractivity contribution >= 4 is 11.8 Å². The zero-order chi connectivity index (χ0) is 15.4. The molecule has 112 valence electrons. The second kappa shape index (κ2) is 4.41. The normalized spacial score (nSPS) is 39.2. The first kappa shape index (κ1) is 14.3. The SMILES string of the molecule is CC1=CC(=O)C2CC2(C)C1(O)/C=C/C(=C\C(=O)O)C1CC1. The Morgan fingerprint density at radius 3 is 2.67 bits per heavy atom. The van der Waals surface area contributed by atoms with Crippen molar-refractivity contribution in [3.8, 4) is 0 Å². The smallest absolute Gasteiger partial charge is 0.328 e. The van der Waals surface area contributed by atoms with Crippen LogP contribution in [0.5, 0.6) is 0 Å². The molecule has 3 aliphatic rings. The lowest BCUT2D eigenvalue weighted by atomic mass is 9.73. The van der Waals surface area contributed by atoms with Crippen LogP contribution in [0.4, 0.5) is 0 Å². The molecule has 3 aliphatic carbocycles. The standard InChI is InChI=1S/C17H20O4/c1-10-7-14(18)13-9-16(13,2)17(10,21)6-5-12(8-15(19)20)11-3-4-11/h5-8,11,13,21H,3-4,9H2,1-2H3,(H,19,20)/b6-5+,12-8+. The number of carboxylic acids is 1. The molecule has 0 aliphatic heterocycles. The van der Waals surface area contributed by atoms with Gasteiger partial charge in [-0.15, -0.1) is 0 Å². The molecule has 21 heavy (non-hydrogen) atoms. The van der Waals surface area contributed by atoms with Crippen molar-refractivity contribution in [3.05, 3.63) is 35.5 Å². The second-order valence-electron chi connectivity index (χ2n) is 6.76. The molecule has 0 aromatic heterocycles. The van der Waals surface area contributed by atoms with Crippen molar-refractivity contribution in [3.63, 3.8) is 0 Å². The van der Waals surface area contributed by atoms with E-state index in [1.807, 2.05) is 6.92 Å². The number of allylic oxidation sites excluding steroid dienone is 3. The number of aliphatic hydroxyl groups is 1. The monoisotopic (exact) mass is 288 g/mol. The molecular formula is C17H20O4. The molecule has 3 atom stereocenters. The predicted molar refractivity (Wildman–Crippen MR) is 77.5 cm³/mol. The fourth-order valence-corrected chi connectivity index (χ4v) is 3.48. The van der Waals surface area contributed by atoms with Crippen LogP contribution in [0, 0.1) is 17.3 Å². The quantitative estimate of drug-likeness (QED) is 0.614. The van der Waals surface area contributed by atoms with Crippen molar-refractivity contribution in [1.29, 1.82) is 0 Å². The minimum absolute atomic E-state index is 0.0940. The Labute approximate surface area is 123 Å². The zero-order valence-corrected chi connectivity index (χ0v) is 12.3. The molecule has 3 unspecified atom stereocenters. The predicted octanol–water partition coefficient (Wildman–Crippen LogP) is 2.25. The molecule has 0 aromatic rings. The summed E-state index contributed by atoms with van der Waals surface area (Å²) < 4.78 is 0. The van der Waals surface area contributed by atoms with E-state index >= 15 is 0 Å². The molecule has 2 fully saturated rings. The second-order valence-corrected chi connectivity index (χ2v) is 6.76. The maximum Gasteiger partial charge on any atom is 0.328 e. The molecule has 2 N–H and O–H groups in total. The van der Waals surface area contributed by atoms with Crippen LogP contribution in [0.25, 0.3) is 0 Å². The van der Waals surface area contributed by atoms with Crippen LogP contribution in [0.15, 0.2) is 35.5 Å². The van der Waals surface area contributed by atoms with Crippen LogP contribution < -0.4 is 0 Å². The Morgan fingerprint density at radius 1 is 1.43 bits per heavy atom. The van der Waals surface area contributed by atoms with Crippen molar-refractivity contribution < 1.29 is 19.8 Å². The first-order valence-corrected chi connectivity index (χ1v) is 7.37. The van der Waals surface area contributed by atoms with Crippen LogP contribution in [0.1, 0.15) is 33.1 Å². The average molecular weight is 288 g/mol. The number of carbonyl (C=O) groups is 2. The summed E-state index contributed by atoms with van der Waals surface area (Å²) in [5.74, 6) is -0.686. The number of rotatable bonds is 4. The first-order valence-electron chi connectivity index (χ1n) is 7.37. The van der Waals surface area contributed by atoms with E-state index in [1.165, 1.54) is 12.2 Å². The van der Waals surface area contributed by atoms with Crippen molar-refractivity contribution in [1.82, 2.24) is 0 Å². The van der Waals surface area contributed by atoms with Gasteiger partial charge in [0.2, 0.25) is 0 Å². The third kappa shape index (κ3) is 2.18.